The maximum atomic E-state index is 13.8. The van der Waals surface area contributed by atoms with E-state index in [4.69, 9.17) is 5.73 Å². The predicted molar refractivity (Wildman–Crippen MR) is 76.7 cm³/mol. The zero-order chi connectivity index (χ0) is 16.3. The molecule has 1 aromatic carbocycles. The number of hydrogen-bond donors (Lipinski definition) is 2. The van der Waals surface area contributed by atoms with Crippen LogP contribution in [0.15, 0.2) is 24.3 Å². The van der Waals surface area contributed by atoms with E-state index in [1.165, 1.54) is 13.0 Å². The number of halogens is 3. The molecule has 0 aliphatic heterocycles. The van der Waals surface area contributed by atoms with E-state index in [2.05, 4.69) is 10.3 Å². The molecule has 2 rings (SSSR count). The number of anilines is 2. The van der Waals surface area contributed by atoms with E-state index in [0.29, 0.717) is 5.56 Å². The molecule has 2 aromatic rings. The van der Waals surface area contributed by atoms with Gasteiger partial charge in [-0.25, -0.2) is 18.2 Å². The Bertz CT molecular complexity index is 719. The number of benzene rings is 1. The van der Waals surface area contributed by atoms with Crippen molar-refractivity contribution in [1.82, 2.24) is 4.98 Å². The first kappa shape index (κ1) is 15.8. The van der Waals surface area contributed by atoms with E-state index in [1.807, 2.05) is 0 Å². The second-order valence-corrected chi connectivity index (χ2v) is 4.78. The van der Waals surface area contributed by atoms with Gasteiger partial charge >= 0.3 is 0 Å². The summed E-state index contributed by atoms with van der Waals surface area (Å²) in [7, 11) is 0. The highest BCUT2D eigenvalue weighted by molar-refractivity contribution is 5.90. The zero-order valence-electron chi connectivity index (χ0n) is 11.8. The quantitative estimate of drug-likeness (QED) is 0.912. The van der Waals surface area contributed by atoms with Crippen molar-refractivity contribution in [2.24, 2.45) is 0 Å². The minimum Gasteiger partial charge on any atom is -0.396 e. The van der Waals surface area contributed by atoms with Crippen molar-refractivity contribution in [3.63, 3.8) is 0 Å². The monoisotopic (exact) mass is 309 g/mol. The largest absolute Gasteiger partial charge is 0.396 e. The molecule has 0 saturated carbocycles. The molecule has 0 bridgehead atoms. The molecule has 0 fully saturated rings. The summed E-state index contributed by atoms with van der Waals surface area (Å²) in [5.74, 6) is -2.81. The molecule has 0 unspecified atom stereocenters. The van der Waals surface area contributed by atoms with Crippen LogP contribution in [0.25, 0.3) is 0 Å². The SMILES string of the molecule is CC(=O)Nc1nc(CCc2ccc(F)c(F)c2)c(F)cc1N. The number of carbonyl (C=O) groups excluding carboxylic acids is 1. The van der Waals surface area contributed by atoms with Gasteiger partial charge in [0.05, 0.1) is 11.4 Å². The lowest BCUT2D eigenvalue weighted by Crippen LogP contribution is -2.12. The first-order chi connectivity index (χ1) is 10.4. The maximum Gasteiger partial charge on any atom is 0.222 e. The van der Waals surface area contributed by atoms with Gasteiger partial charge in [-0.05, 0) is 30.5 Å². The lowest BCUT2D eigenvalue weighted by Gasteiger charge is -2.09. The lowest BCUT2D eigenvalue weighted by molar-refractivity contribution is -0.114. The van der Waals surface area contributed by atoms with Gasteiger partial charge in [-0.15, -0.1) is 0 Å². The Hall–Kier alpha value is -2.57. The van der Waals surface area contributed by atoms with E-state index < -0.39 is 17.5 Å². The molecule has 0 radical (unpaired) electrons. The Morgan fingerprint density at radius 2 is 1.86 bits per heavy atom. The zero-order valence-corrected chi connectivity index (χ0v) is 11.8. The normalized spacial score (nSPS) is 10.5. The average molecular weight is 309 g/mol. The molecule has 0 aliphatic carbocycles. The van der Waals surface area contributed by atoms with Crippen LogP contribution >= 0.6 is 0 Å². The highest BCUT2D eigenvalue weighted by Gasteiger charge is 2.12. The number of amides is 1. The minimum absolute atomic E-state index is 0.0178. The van der Waals surface area contributed by atoms with E-state index in [1.54, 1.807) is 0 Å². The van der Waals surface area contributed by atoms with Crippen molar-refractivity contribution in [3.05, 3.63) is 53.0 Å². The van der Waals surface area contributed by atoms with Crippen LogP contribution < -0.4 is 11.1 Å². The van der Waals surface area contributed by atoms with Crippen LogP contribution in [-0.2, 0) is 17.6 Å². The molecule has 4 nitrogen and oxygen atoms in total. The Morgan fingerprint density at radius 3 is 2.50 bits per heavy atom. The third-order valence-electron chi connectivity index (χ3n) is 3.01. The fourth-order valence-electron chi connectivity index (χ4n) is 1.94. The summed E-state index contributed by atoms with van der Waals surface area (Å²) < 4.78 is 39.8. The van der Waals surface area contributed by atoms with Gasteiger partial charge in [0.1, 0.15) is 5.82 Å². The summed E-state index contributed by atoms with van der Waals surface area (Å²) in [5.41, 5.74) is 6.19. The molecular weight excluding hydrogens is 295 g/mol. The second-order valence-electron chi connectivity index (χ2n) is 4.78. The second kappa shape index (κ2) is 6.46. The van der Waals surface area contributed by atoms with Crippen molar-refractivity contribution in [2.75, 3.05) is 11.1 Å². The van der Waals surface area contributed by atoms with Crippen molar-refractivity contribution in [1.29, 1.82) is 0 Å². The molecule has 1 amide bonds. The van der Waals surface area contributed by atoms with Gasteiger partial charge in [-0.1, -0.05) is 6.07 Å². The standard InChI is InChI=1S/C15H14F3N3O/c1-8(22)20-15-13(19)7-12(18)14(21-15)5-3-9-2-4-10(16)11(17)6-9/h2,4,6-7H,3,5,19H2,1H3,(H,20,21,22). The molecule has 0 aliphatic rings. The van der Waals surface area contributed by atoms with Crippen molar-refractivity contribution in [3.8, 4) is 0 Å². The van der Waals surface area contributed by atoms with E-state index in [9.17, 15) is 18.0 Å². The highest BCUT2D eigenvalue weighted by Crippen LogP contribution is 2.20. The average Bonchev–Trinajstić information content (AvgIpc) is 2.44. The molecule has 0 spiro atoms. The number of hydrogen-bond acceptors (Lipinski definition) is 3. The van der Waals surface area contributed by atoms with Crippen molar-refractivity contribution < 1.29 is 18.0 Å². The molecule has 3 N–H and O–H groups in total. The van der Waals surface area contributed by atoms with Crippen LogP contribution in [0.5, 0.6) is 0 Å². The number of nitrogens with zero attached hydrogens (tertiary/aromatic N) is 1. The van der Waals surface area contributed by atoms with Gasteiger partial charge in [-0.2, -0.15) is 0 Å². The van der Waals surface area contributed by atoms with Crippen molar-refractivity contribution >= 4 is 17.4 Å². The summed E-state index contributed by atoms with van der Waals surface area (Å²) in [5, 5.41) is 2.40. The maximum absolute atomic E-state index is 13.8. The third-order valence-corrected chi connectivity index (χ3v) is 3.01. The van der Waals surface area contributed by atoms with Gasteiger partial charge in [0, 0.05) is 13.0 Å². The smallest absolute Gasteiger partial charge is 0.222 e. The number of carbonyl (C=O) groups is 1. The van der Waals surface area contributed by atoms with Crippen LogP contribution in [0.4, 0.5) is 24.7 Å². The minimum atomic E-state index is -0.956. The van der Waals surface area contributed by atoms with E-state index in [0.717, 1.165) is 18.2 Å². The molecule has 1 aromatic heterocycles. The van der Waals surface area contributed by atoms with Crippen LogP contribution in [-0.4, -0.2) is 10.9 Å². The van der Waals surface area contributed by atoms with Gasteiger partial charge in [0.25, 0.3) is 0 Å². The molecular formula is C15H14F3N3O. The molecule has 1 heterocycles. The molecule has 0 saturated heterocycles. The van der Waals surface area contributed by atoms with E-state index >= 15 is 0 Å². The number of pyridine rings is 1. The Labute approximate surface area is 125 Å². The summed E-state index contributed by atoms with van der Waals surface area (Å²) in [6.07, 6.45) is 0.425. The fraction of sp³-hybridized carbons (Fsp3) is 0.200. The number of nitrogens with two attached hydrogens (primary N) is 1. The van der Waals surface area contributed by atoms with Crippen LogP contribution in [0.2, 0.25) is 0 Å². The predicted octanol–water partition coefficient (Wildman–Crippen LogP) is 2.82. The van der Waals surface area contributed by atoms with E-state index in [-0.39, 0.29) is 35.9 Å². The summed E-state index contributed by atoms with van der Waals surface area (Å²) >= 11 is 0. The van der Waals surface area contributed by atoms with Crippen LogP contribution in [0, 0.1) is 17.5 Å². The van der Waals surface area contributed by atoms with Crippen LogP contribution in [0.1, 0.15) is 18.2 Å². The summed E-state index contributed by atoms with van der Waals surface area (Å²) in [4.78, 5) is 15.0. The summed E-state index contributed by atoms with van der Waals surface area (Å²) in [6, 6.07) is 4.56. The first-order valence-corrected chi connectivity index (χ1v) is 6.53. The Balaban J connectivity index is 2.18. The van der Waals surface area contributed by atoms with Gasteiger partial charge < -0.3 is 11.1 Å². The number of nitrogen functional groups attached to an aromatic ring is 1. The number of aryl methyl sites for hydroxylation is 2. The Morgan fingerprint density at radius 1 is 1.14 bits per heavy atom. The number of aromatic nitrogens is 1. The lowest BCUT2D eigenvalue weighted by atomic mass is 10.1. The van der Waals surface area contributed by atoms with Gasteiger partial charge in [0.15, 0.2) is 17.5 Å². The highest BCUT2D eigenvalue weighted by atomic mass is 19.2. The fourth-order valence-corrected chi connectivity index (χ4v) is 1.94. The van der Waals surface area contributed by atoms with Crippen molar-refractivity contribution in [2.45, 2.75) is 19.8 Å². The molecule has 0 atom stereocenters. The number of nitrogens with one attached hydrogen (secondary N) is 1. The first-order valence-electron chi connectivity index (χ1n) is 6.53. The van der Waals surface area contributed by atoms with Gasteiger partial charge in [-0.3, -0.25) is 4.79 Å². The topological polar surface area (TPSA) is 68.0 Å². The number of rotatable bonds is 4. The molecule has 22 heavy (non-hydrogen) atoms. The van der Waals surface area contributed by atoms with Crippen LogP contribution in [0.3, 0.4) is 0 Å². The third kappa shape index (κ3) is 3.75. The van der Waals surface area contributed by atoms with Gasteiger partial charge in [0.2, 0.25) is 5.91 Å². The molecule has 116 valence electrons. The molecule has 7 heteroatoms. The Kier molecular flexibility index (Phi) is 4.65. The summed E-state index contributed by atoms with van der Waals surface area (Å²) in [6.45, 7) is 1.28.